The van der Waals surface area contributed by atoms with Gasteiger partial charge in [0, 0.05) is 61.2 Å². The SMILES string of the molecule is CCCc1cc(Nc2cc(N3CCN(C)CC3)nc(Oc3cc(F)c4[nH]c(C)cc4c3)n2)n[nH]1. The number of rotatable bonds is 7. The monoisotopic (exact) mass is 464 g/mol. The maximum atomic E-state index is 14.6. The number of hydrogen-bond donors (Lipinski definition) is 3. The maximum absolute atomic E-state index is 14.6. The highest BCUT2D eigenvalue weighted by atomic mass is 19.1. The van der Waals surface area contributed by atoms with E-state index < -0.39 is 0 Å². The quantitative estimate of drug-likeness (QED) is 0.374. The molecule has 3 N–H and O–H groups in total. The molecular weight excluding hydrogens is 435 g/mol. The molecule has 10 heteroatoms. The van der Waals surface area contributed by atoms with Crippen LogP contribution in [0.15, 0.2) is 30.3 Å². The number of hydrogen-bond acceptors (Lipinski definition) is 7. The molecule has 0 saturated carbocycles. The number of benzene rings is 1. The summed E-state index contributed by atoms with van der Waals surface area (Å²) in [7, 11) is 2.11. The summed E-state index contributed by atoms with van der Waals surface area (Å²) in [5, 5.41) is 11.4. The molecule has 9 nitrogen and oxygen atoms in total. The van der Waals surface area contributed by atoms with Gasteiger partial charge >= 0.3 is 6.01 Å². The number of fused-ring (bicyclic) bond motifs is 1. The van der Waals surface area contributed by atoms with Crippen molar-refractivity contribution in [3.63, 3.8) is 0 Å². The summed E-state index contributed by atoms with van der Waals surface area (Å²) in [6.07, 6.45) is 1.95. The molecular formula is C24H29FN8O. The number of nitrogens with one attached hydrogen (secondary N) is 3. The number of aromatic amines is 2. The highest BCUT2D eigenvalue weighted by molar-refractivity contribution is 5.82. The summed E-state index contributed by atoms with van der Waals surface area (Å²) >= 11 is 0. The Hall–Kier alpha value is -3.66. The summed E-state index contributed by atoms with van der Waals surface area (Å²) in [4.78, 5) is 16.7. The van der Waals surface area contributed by atoms with Crippen LogP contribution in [0.4, 0.5) is 21.8 Å². The molecule has 0 atom stereocenters. The van der Waals surface area contributed by atoms with Crippen LogP contribution in [0.5, 0.6) is 11.8 Å². The van der Waals surface area contributed by atoms with Crippen LogP contribution in [0.1, 0.15) is 24.7 Å². The molecule has 0 aliphatic carbocycles. The zero-order chi connectivity index (χ0) is 23.7. The lowest BCUT2D eigenvalue weighted by Gasteiger charge is -2.33. The summed E-state index contributed by atoms with van der Waals surface area (Å²) in [6, 6.07) is 9.03. The lowest BCUT2D eigenvalue weighted by Crippen LogP contribution is -2.44. The Morgan fingerprint density at radius 2 is 1.88 bits per heavy atom. The third-order valence-corrected chi connectivity index (χ3v) is 5.92. The molecule has 0 bridgehead atoms. The fraction of sp³-hybridized carbons (Fsp3) is 0.375. The molecule has 1 aromatic carbocycles. The first-order valence-corrected chi connectivity index (χ1v) is 11.6. The van der Waals surface area contributed by atoms with Gasteiger partial charge in [0.05, 0.1) is 5.52 Å². The smallest absolute Gasteiger partial charge is 0.325 e. The Bertz CT molecular complexity index is 1290. The van der Waals surface area contributed by atoms with E-state index in [-0.39, 0.29) is 11.8 Å². The van der Waals surface area contributed by atoms with Crippen LogP contribution in [-0.4, -0.2) is 63.3 Å². The van der Waals surface area contributed by atoms with Gasteiger partial charge in [0.2, 0.25) is 0 Å². The van der Waals surface area contributed by atoms with Crippen LogP contribution in [0, 0.1) is 12.7 Å². The van der Waals surface area contributed by atoms with Crippen molar-refractivity contribution in [1.29, 1.82) is 0 Å². The summed E-state index contributed by atoms with van der Waals surface area (Å²) in [5.74, 6) is 1.95. The van der Waals surface area contributed by atoms with Crippen LogP contribution in [0.25, 0.3) is 10.9 Å². The van der Waals surface area contributed by atoms with Crippen molar-refractivity contribution in [3.8, 4) is 11.8 Å². The largest absolute Gasteiger partial charge is 0.424 e. The molecule has 1 aliphatic rings. The molecule has 4 aromatic rings. The molecule has 3 aromatic heterocycles. The van der Waals surface area contributed by atoms with Crippen molar-refractivity contribution in [2.45, 2.75) is 26.7 Å². The lowest BCUT2D eigenvalue weighted by molar-refractivity contribution is 0.311. The van der Waals surface area contributed by atoms with Gasteiger partial charge in [-0.1, -0.05) is 13.3 Å². The van der Waals surface area contributed by atoms with Crippen LogP contribution >= 0.6 is 0 Å². The Kier molecular flexibility index (Phi) is 6.06. The predicted octanol–water partition coefficient (Wildman–Crippen LogP) is 4.37. The van der Waals surface area contributed by atoms with Gasteiger partial charge in [-0.15, -0.1) is 0 Å². The van der Waals surface area contributed by atoms with E-state index >= 15 is 0 Å². The van der Waals surface area contributed by atoms with Gasteiger partial charge < -0.3 is 24.8 Å². The highest BCUT2D eigenvalue weighted by Crippen LogP contribution is 2.30. The van der Waals surface area contributed by atoms with E-state index in [1.54, 1.807) is 6.07 Å². The Morgan fingerprint density at radius 1 is 1.06 bits per heavy atom. The van der Waals surface area contributed by atoms with Crippen LogP contribution in [0.2, 0.25) is 0 Å². The predicted molar refractivity (Wildman–Crippen MR) is 131 cm³/mol. The second kappa shape index (κ2) is 9.30. The minimum atomic E-state index is -0.380. The Labute approximate surface area is 197 Å². The molecule has 4 heterocycles. The van der Waals surface area contributed by atoms with Crippen molar-refractivity contribution in [2.75, 3.05) is 43.4 Å². The molecule has 0 unspecified atom stereocenters. The van der Waals surface area contributed by atoms with Gasteiger partial charge in [-0.25, -0.2) is 4.39 Å². The first-order valence-electron chi connectivity index (χ1n) is 11.6. The van der Waals surface area contributed by atoms with E-state index in [0.717, 1.165) is 61.6 Å². The number of anilines is 3. The van der Waals surface area contributed by atoms with Crippen LogP contribution in [0.3, 0.4) is 0 Å². The van der Waals surface area contributed by atoms with Crippen molar-refractivity contribution < 1.29 is 9.13 Å². The second-order valence-electron chi connectivity index (χ2n) is 8.76. The van der Waals surface area contributed by atoms with Crippen molar-refractivity contribution >= 4 is 28.4 Å². The first-order chi connectivity index (χ1) is 16.5. The molecule has 1 fully saturated rings. The van der Waals surface area contributed by atoms with Crippen LogP contribution < -0.4 is 15.0 Å². The fourth-order valence-corrected chi connectivity index (χ4v) is 4.15. The van der Waals surface area contributed by atoms with Gasteiger partial charge in [0.25, 0.3) is 0 Å². The first kappa shape index (κ1) is 22.1. The Balaban J connectivity index is 1.46. The molecule has 34 heavy (non-hydrogen) atoms. The summed E-state index contributed by atoms with van der Waals surface area (Å²) in [6.45, 7) is 7.59. The third kappa shape index (κ3) is 4.81. The number of aryl methyl sites for hydroxylation is 2. The normalized spacial score (nSPS) is 14.6. The number of piperazine rings is 1. The molecule has 0 spiro atoms. The number of halogens is 1. The lowest BCUT2D eigenvalue weighted by atomic mass is 10.2. The molecule has 178 valence electrons. The van der Waals surface area contributed by atoms with E-state index in [0.29, 0.717) is 22.9 Å². The van der Waals surface area contributed by atoms with Crippen molar-refractivity contribution in [2.24, 2.45) is 0 Å². The zero-order valence-corrected chi connectivity index (χ0v) is 19.7. The molecule has 5 rings (SSSR count). The number of likely N-dealkylation sites (N-methyl/N-ethyl adjacent to an activating group) is 1. The topological polar surface area (TPSA) is 98.0 Å². The van der Waals surface area contributed by atoms with Gasteiger partial charge in [0.1, 0.15) is 17.4 Å². The summed E-state index contributed by atoms with van der Waals surface area (Å²) in [5.41, 5.74) is 2.40. The molecule has 1 saturated heterocycles. The van der Waals surface area contributed by atoms with E-state index in [9.17, 15) is 4.39 Å². The van der Waals surface area contributed by atoms with E-state index in [1.807, 2.05) is 25.1 Å². The third-order valence-electron chi connectivity index (χ3n) is 5.92. The average molecular weight is 465 g/mol. The average Bonchev–Trinajstić information content (AvgIpc) is 3.40. The second-order valence-corrected chi connectivity index (χ2v) is 8.76. The van der Waals surface area contributed by atoms with Gasteiger partial charge in [-0.3, -0.25) is 5.10 Å². The minimum absolute atomic E-state index is 0.147. The van der Waals surface area contributed by atoms with E-state index in [2.05, 4.69) is 54.2 Å². The highest BCUT2D eigenvalue weighted by Gasteiger charge is 2.19. The van der Waals surface area contributed by atoms with E-state index in [1.165, 1.54) is 6.07 Å². The Morgan fingerprint density at radius 3 is 2.68 bits per heavy atom. The van der Waals surface area contributed by atoms with Crippen LogP contribution in [-0.2, 0) is 6.42 Å². The number of nitrogens with zero attached hydrogens (tertiary/aromatic N) is 5. The van der Waals surface area contributed by atoms with Crippen molar-refractivity contribution in [3.05, 3.63) is 47.5 Å². The van der Waals surface area contributed by atoms with E-state index in [4.69, 9.17) is 4.74 Å². The van der Waals surface area contributed by atoms with Gasteiger partial charge in [-0.05, 0) is 32.5 Å². The fourth-order valence-electron chi connectivity index (χ4n) is 4.15. The zero-order valence-electron chi connectivity index (χ0n) is 19.7. The van der Waals surface area contributed by atoms with Gasteiger partial charge in [-0.2, -0.15) is 15.1 Å². The standard InChI is InChI=1S/C24H29FN8O/c1-4-5-17-12-21(31-30-17)27-20-14-22(33-8-6-32(3)7-9-33)29-24(28-20)34-18-11-16-10-15(2)26-23(16)19(25)13-18/h10-14,26H,4-9H2,1-3H3,(H2,27,28,29,30,31). The molecule has 1 aliphatic heterocycles. The molecule has 0 amide bonds. The summed E-state index contributed by atoms with van der Waals surface area (Å²) < 4.78 is 20.6. The maximum Gasteiger partial charge on any atom is 0.325 e. The number of ether oxygens (including phenoxy) is 1. The minimum Gasteiger partial charge on any atom is -0.424 e. The number of aromatic nitrogens is 5. The van der Waals surface area contributed by atoms with Gasteiger partial charge in [0.15, 0.2) is 11.6 Å². The molecule has 0 radical (unpaired) electrons. The van der Waals surface area contributed by atoms with Crippen molar-refractivity contribution in [1.82, 2.24) is 30.0 Å². The number of H-pyrrole nitrogens is 2.